The van der Waals surface area contributed by atoms with Crippen molar-refractivity contribution in [2.45, 2.75) is 0 Å². The Bertz CT molecular complexity index is 842. The largest absolute Gasteiger partial charge is 0.477 e. The van der Waals surface area contributed by atoms with E-state index in [9.17, 15) is 4.79 Å². The van der Waals surface area contributed by atoms with Gasteiger partial charge >= 0.3 is 5.97 Å². The smallest absolute Gasteiger partial charge is 0.354 e. The zero-order valence-electron chi connectivity index (χ0n) is 10.3. The molecule has 0 saturated carbocycles. The third-order valence-corrected chi connectivity index (χ3v) is 3.08. The fraction of sp³-hybridized carbons (Fsp3) is 0. The Morgan fingerprint density at radius 1 is 1.30 bits per heavy atom. The third kappa shape index (κ3) is 1.80. The Morgan fingerprint density at radius 3 is 2.80 bits per heavy atom. The summed E-state index contributed by atoms with van der Waals surface area (Å²) >= 11 is 0. The van der Waals surface area contributed by atoms with E-state index in [1.54, 1.807) is 12.1 Å². The summed E-state index contributed by atoms with van der Waals surface area (Å²) in [5.41, 5.74) is 2.95. The van der Waals surface area contributed by atoms with E-state index in [4.69, 9.17) is 10.4 Å². The minimum Gasteiger partial charge on any atom is -0.477 e. The van der Waals surface area contributed by atoms with Gasteiger partial charge in [0.05, 0.1) is 16.8 Å². The molecule has 0 aliphatic rings. The van der Waals surface area contributed by atoms with E-state index in [1.807, 2.05) is 28.8 Å². The lowest BCUT2D eigenvalue weighted by molar-refractivity contribution is 0.0690. The maximum atomic E-state index is 10.8. The number of aromatic nitrogens is 2. The first kappa shape index (κ1) is 11.9. The summed E-state index contributed by atoms with van der Waals surface area (Å²) in [7, 11) is 0. The summed E-state index contributed by atoms with van der Waals surface area (Å²) in [6.07, 6.45) is 3.36. The van der Waals surface area contributed by atoms with Crippen LogP contribution in [0.1, 0.15) is 16.1 Å². The molecule has 0 spiro atoms. The standard InChI is InChI=1S/C15H9N3O2/c16-8-11-7-14(18-6-2-1-3-13(11)18)10-4-5-12(15(19)20)17-9-10/h1-7,9H,(H,19,20). The van der Waals surface area contributed by atoms with Crippen LogP contribution in [0.15, 0.2) is 48.8 Å². The summed E-state index contributed by atoms with van der Waals surface area (Å²) in [5.74, 6) is -1.06. The minimum absolute atomic E-state index is 0.00452. The highest BCUT2D eigenvalue weighted by atomic mass is 16.4. The van der Waals surface area contributed by atoms with Crippen LogP contribution < -0.4 is 0 Å². The molecule has 5 heteroatoms. The van der Waals surface area contributed by atoms with Gasteiger partial charge in [-0.3, -0.25) is 0 Å². The van der Waals surface area contributed by atoms with Crippen molar-refractivity contribution in [2.75, 3.05) is 0 Å². The van der Waals surface area contributed by atoms with E-state index in [1.165, 1.54) is 12.3 Å². The van der Waals surface area contributed by atoms with Gasteiger partial charge in [-0.25, -0.2) is 9.78 Å². The zero-order chi connectivity index (χ0) is 14.1. The van der Waals surface area contributed by atoms with E-state index in [2.05, 4.69) is 11.1 Å². The van der Waals surface area contributed by atoms with Crippen LogP contribution in [0, 0.1) is 11.3 Å². The third-order valence-electron chi connectivity index (χ3n) is 3.08. The van der Waals surface area contributed by atoms with E-state index in [0.29, 0.717) is 5.56 Å². The average molecular weight is 263 g/mol. The molecule has 5 nitrogen and oxygen atoms in total. The molecule has 3 heterocycles. The van der Waals surface area contributed by atoms with E-state index >= 15 is 0 Å². The second-order valence-electron chi connectivity index (χ2n) is 4.25. The van der Waals surface area contributed by atoms with Gasteiger partial charge in [0.25, 0.3) is 0 Å². The Labute approximate surface area is 114 Å². The molecule has 3 aromatic heterocycles. The minimum atomic E-state index is -1.06. The van der Waals surface area contributed by atoms with E-state index < -0.39 is 5.97 Å². The molecule has 0 saturated heterocycles. The highest BCUT2D eigenvalue weighted by Crippen LogP contribution is 2.25. The van der Waals surface area contributed by atoms with Gasteiger partial charge in [0, 0.05) is 18.0 Å². The van der Waals surface area contributed by atoms with E-state index in [0.717, 1.165) is 16.8 Å². The molecule has 0 radical (unpaired) electrons. The normalized spacial score (nSPS) is 10.3. The first-order valence-electron chi connectivity index (χ1n) is 5.90. The summed E-state index contributed by atoms with van der Waals surface area (Å²) < 4.78 is 1.88. The number of aromatic carboxylic acids is 1. The average Bonchev–Trinajstić information content (AvgIpc) is 2.86. The molecule has 0 fully saturated rings. The predicted molar refractivity (Wildman–Crippen MR) is 72.3 cm³/mol. The summed E-state index contributed by atoms with van der Waals surface area (Å²) in [4.78, 5) is 14.7. The van der Waals surface area contributed by atoms with Crippen molar-refractivity contribution in [1.29, 1.82) is 5.26 Å². The fourth-order valence-electron chi connectivity index (χ4n) is 2.14. The van der Waals surface area contributed by atoms with Gasteiger partial charge in [0.1, 0.15) is 11.8 Å². The number of fused-ring (bicyclic) bond motifs is 1. The molecule has 3 rings (SSSR count). The molecule has 1 N–H and O–H groups in total. The lowest BCUT2D eigenvalue weighted by atomic mass is 10.2. The number of hydrogen-bond acceptors (Lipinski definition) is 3. The van der Waals surface area contributed by atoms with Crippen molar-refractivity contribution < 1.29 is 9.90 Å². The molecule has 0 unspecified atom stereocenters. The maximum absolute atomic E-state index is 10.8. The number of nitriles is 1. The number of carboxylic acid groups (broad SMARTS) is 1. The predicted octanol–water partition coefficient (Wildman–Crippen LogP) is 2.57. The molecule has 0 aliphatic carbocycles. The molecule has 96 valence electrons. The van der Waals surface area contributed by atoms with Gasteiger partial charge in [-0.1, -0.05) is 6.07 Å². The molecule has 0 atom stereocenters. The summed E-state index contributed by atoms with van der Waals surface area (Å²) in [6, 6.07) is 12.7. The molecule has 3 aromatic rings. The van der Waals surface area contributed by atoms with Crippen LogP contribution in [0.5, 0.6) is 0 Å². The monoisotopic (exact) mass is 263 g/mol. The van der Waals surface area contributed by atoms with Crippen molar-refractivity contribution >= 4 is 11.5 Å². The van der Waals surface area contributed by atoms with Crippen molar-refractivity contribution in [3.8, 4) is 17.3 Å². The van der Waals surface area contributed by atoms with Crippen LogP contribution >= 0.6 is 0 Å². The molecule has 20 heavy (non-hydrogen) atoms. The van der Waals surface area contributed by atoms with Gasteiger partial charge in [-0.05, 0) is 30.3 Å². The Kier molecular flexibility index (Phi) is 2.70. The number of carbonyl (C=O) groups is 1. The second kappa shape index (κ2) is 4.52. The van der Waals surface area contributed by atoms with Crippen molar-refractivity contribution in [1.82, 2.24) is 9.38 Å². The number of hydrogen-bond donors (Lipinski definition) is 1. The molecular weight excluding hydrogens is 254 g/mol. The highest BCUT2D eigenvalue weighted by Gasteiger charge is 2.11. The Balaban J connectivity index is 2.20. The van der Waals surface area contributed by atoms with Crippen LogP contribution in [0.3, 0.4) is 0 Å². The van der Waals surface area contributed by atoms with Gasteiger partial charge in [0.2, 0.25) is 0 Å². The van der Waals surface area contributed by atoms with Crippen molar-refractivity contribution in [2.24, 2.45) is 0 Å². The van der Waals surface area contributed by atoms with Crippen LogP contribution in [0.25, 0.3) is 16.8 Å². The molecule has 0 amide bonds. The quantitative estimate of drug-likeness (QED) is 0.770. The van der Waals surface area contributed by atoms with Gasteiger partial charge in [-0.15, -0.1) is 0 Å². The first-order valence-corrected chi connectivity index (χ1v) is 5.90. The molecular formula is C15H9N3O2. The highest BCUT2D eigenvalue weighted by molar-refractivity contribution is 5.86. The number of carboxylic acids is 1. The fourth-order valence-corrected chi connectivity index (χ4v) is 2.14. The lowest BCUT2D eigenvalue weighted by Crippen LogP contribution is -1.99. The zero-order valence-corrected chi connectivity index (χ0v) is 10.3. The van der Waals surface area contributed by atoms with Crippen LogP contribution in [0.4, 0.5) is 0 Å². The molecule has 0 bridgehead atoms. The van der Waals surface area contributed by atoms with Gasteiger partial charge in [-0.2, -0.15) is 5.26 Å². The first-order chi connectivity index (χ1) is 9.70. The Hall–Kier alpha value is -3.13. The van der Waals surface area contributed by atoms with Gasteiger partial charge < -0.3 is 9.51 Å². The van der Waals surface area contributed by atoms with Crippen LogP contribution in [-0.4, -0.2) is 20.5 Å². The molecule has 0 aliphatic heterocycles. The second-order valence-corrected chi connectivity index (χ2v) is 4.25. The topological polar surface area (TPSA) is 78.4 Å². The Morgan fingerprint density at radius 2 is 2.15 bits per heavy atom. The summed E-state index contributed by atoms with van der Waals surface area (Å²) in [6.45, 7) is 0. The maximum Gasteiger partial charge on any atom is 0.354 e. The number of nitrogens with zero attached hydrogens (tertiary/aromatic N) is 3. The van der Waals surface area contributed by atoms with E-state index in [-0.39, 0.29) is 5.69 Å². The van der Waals surface area contributed by atoms with Crippen LogP contribution in [0.2, 0.25) is 0 Å². The van der Waals surface area contributed by atoms with Crippen LogP contribution in [-0.2, 0) is 0 Å². The van der Waals surface area contributed by atoms with Crippen molar-refractivity contribution in [3.05, 3.63) is 60.0 Å². The molecule has 0 aromatic carbocycles. The van der Waals surface area contributed by atoms with Gasteiger partial charge in [0.15, 0.2) is 0 Å². The SMILES string of the molecule is N#Cc1cc(-c2ccc(C(=O)O)nc2)n2ccccc12. The lowest BCUT2D eigenvalue weighted by Gasteiger charge is -2.02. The summed E-state index contributed by atoms with van der Waals surface area (Å²) in [5, 5.41) is 18.0. The van der Waals surface area contributed by atoms with Crippen molar-refractivity contribution in [3.63, 3.8) is 0 Å². The number of pyridine rings is 2. The number of rotatable bonds is 2.